The highest BCUT2D eigenvalue weighted by Crippen LogP contribution is 2.54. The first-order valence-electron chi connectivity index (χ1n) is 12.0. The number of benzene rings is 2. The topological polar surface area (TPSA) is 65.5 Å². The zero-order valence-corrected chi connectivity index (χ0v) is 23.2. The van der Waals surface area contributed by atoms with E-state index in [2.05, 4.69) is 85.8 Å². The second kappa shape index (κ2) is 7.85. The van der Waals surface area contributed by atoms with Gasteiger partial charge in [0.2, 0.25) is 0 Å². The van der Waals surface area contributed by atoms with Crippen molar-refractivity contribution in [3.8, 4) is 22.5 Å². The maximum atomic E-state index is 5.38. The lowest BCUT2D eigenvalue weighted by Crippen LogP contribution is -2.59. The van der Waals surface area contributed by atoms with Crippen LogP contribution in [0.3, 0.4) is 0 Å². The number of halogens is 1. The van der Waals surface area contributed by atoms with Crippen LogP contribution in [-0.4, -0.2) is 42.0 Å². The number of aromatic nitrogens is 6. The van der Waals surface area contributed by atoms with Crippen molar-refractivity contribution in [3.05, 3.63) is 54.1 Å². The summed E-state index contributed by atoms with van der Waals surface area (Å²) in [6, 6.07) is 11.0. The molecule has 0 amide bonds. The monoisotopic (exact) mass is 595 g/mol. The minimum Gasteiger partial charge on any atom is -0.330 e. The molecule has 7 nitrogen and oxygen atoms in total. The molecule has 9 heteroatoms. The van der Waals surface area contributed by atoms with Crippen molar-refractivity contribution in [2.75, 3.05) is 13.1 Å². The van der Waals surface area contributed by atoms with Crippen molar-refractivity contribution < 1.29 is 0 Å². The predicted molar refractivity (Wildman–Crippen MR) is 151 cm³/mol. The number of imidazole rings is 1. The van der Waals surface area contributed by atoms with E-state index >= 15 is 0 Å². The minimum absolute atomic E-state index is 0.503. The van der Waals surface area contributed by atoms with Gasteiger partial charge in [-0.15, -0.1) is 0 Å². The molecule has 5 aromatic rings. The average molecular weight is 595 g/mol. The number of hydrogen-bond acceptors (Lipinski definition) is 4. The molecule has 1 N–H and O–H groups in total. The van der Waals surface area contributed by atoms with Gasteiger partial charge in [0.25, 0.3) is 0 Å². The summed E-state index contributed by atoms with van der Waals surface area (Å²) in [5.41, 5.74) is 8.67. The van der Waals surface area contributed by atoms with Crippen molar-refractivity contribution in [1.29, 1.82) is 0 Å². The van der Waals surface area contributed by atoms with Crippen molar-refractivity contribution in [3.63, 3.8) is 0 Å². The van der Waals surface area contributed by atoms with Gasteiger partial charge in [-0.05, 0) is 64.9 Å². The van der Waals surface area contributed by atoms with Gasteiger partial charge < -0.3 is 9.88 Å². The molecule has 3 aromatic heterocycles. The highest BCUT2D eigenvalue weighted by atomic mass is 127. The number of rotatable bonds is 4. The third kappa shape index (κ3) is 3.19. The molecule has 1 aliphatic carbocycles. The van der Waals surface area contributed by atoms with Crippen molar-refractivity contribution in [1.82, 2.24) is 34.2 Å². The molecule has 7 rings (SSSR count). The van der Waals surface area contributed by atoms with E-state index in [9.17, 15) is 0 Å². The summed E-state index contributed by atoms with van der Waals surface area (Å²) < 4.78 is 6.41. The van der Waals surface area contributed by atoms with Crippen molar-refractivity contribution in [2.24, 2.45) is 19.5 Å². The van der Waals surface area contributed by atoms with Gasteiger partial charge in [0.15, 0.2) is 0 Å². The fraction of sp³-hybridized carbons (Fsp3) is 0.346. The van der Waals surface area contributed by atoms with E-state index in [-0.39, 0.29) is 0 Å². The van der Waals surface area contributed by atoms with Gasteiger partial charge in [-0.2, -0.15) is 10.2 Å². The Bertz CT molecular complexity index is 1620. The van der Waals surface area contributed by atoms with Crippen LogP contribution in [0, 0.1) is 12.3 Å². The zero-order valence-electron chi connectivity index (χ0n) is 20.0. The Morgan fingerprint density at radius 1 is 1.06 bits per heavy atom. The summed E-state index contributed by atoms with van der Waals surface area (Å²) in [6.45, 7) is 4.51. The van der Waals surface area contributed by atoms with Crippen LogP contribution >= 0.6 is 28.4 Å². The van der Waals surface area contributed by atoms with E-state index in [0.29, 0.717) is 17.7 Å². The molecule has 178 valence electrons. The summed E-state index contributed by atoms with van der Waals surface area (Å²) in [5, 5.41) is 15.0. The molecule has 0 radical (unpaired) electrons. The van der Waals surface area contributed by atoms with Gasteiger partial charge in [-0.3, -0.25) is 4.68 Å². The van der Waals surface area contributed by atoms with Crippen LogP contribution in [0.25, 0.3) is 44.3 Å². The Morgan fingerprint density at radius 2 is 1.89 bits per heavy atom. The van der Waals surface area contributed by atoms with E-state index in [1.807, 2.05) is 24.1 Å². The van der Waals surface area contributed by atoms with Gasteiger partial charge in [-0.1, -0.05) is 18.2 Å². The summed E-state index contributed by atoms with van der Waals surface area (Å²) in [6.07, 6.45) is 6.97. The van der Waals surface area contributed by atoms with E-state index < -0.39 is 0 Å². The summed E-state index contributed by atoms with van der Waals surface area (Å²) in [7, 11) is 4.21. The first kappa shape index (κ1) is 21.9. The molecular formula is C26H27IN7P. The first-order valence-corrected chi connectivity index (χ1v) is 16.1. The number of aryl methyl sites for hydroxylation is 2. The van der Waals surface area contributed by atoms with Crippen molar-refractivity contribution >= 4 is 50.2 Å². The maximum Gasteiger partial charge on any atom is 0.112 e. The molecule has 1 unspecified atom stereocenters. The molecule has 2 aliphatic rings. The Morgan fingerprint density at radius 3 is 2.63 bits per heavy atom. The van der Waals surface area contributed by atoms with Gasteiger partial charge >= 0.3 is 0 Å². The summed E-state index contributed by atoms with van der Waals surface area (Å²) in [4.78, 5) is 5.38. The van der Waals surface area contributed by atoms with Crippen LogP contribution in [0.5, 0.6) is 0 Å². The third-order valence-corrected chi connectivity index (χ3v) is 10.0. The van der Waals surface area contributed by atoms with Gasteiger partial charge in [0, 0.05) is 55.0 Å². The quantitative estimate of drug-likeness (QED) is 0.219. The van der Waals surface area contributed by atoms with Crippen LogP contribution in [-0.2, 0) is 14.1 Å². The van der Waals surface area contributed by atoms with Crippen molar-refractivity contribution in [2.45, 2.75) is 25.7 Å². The van der Waals surface area contributed by atoms with Gasteiger partial charge in [-0.25, -0.2) is 9.44 Å². The Hall–Kier alpha value is -2.29. The number of nitrogens with zero attached hydrogens (tertiary/aromatic N) is 6. The highest BCUT2D eigenvalue weighted by molar-refractivity contribution is 14.2. The molecule has 1 saturated carbocycles. The Labute approximate surface area is 218 Å². The Kier molecular flexibility index (Phi) is 4.92. The van der Waals surface area contributed by atoms with E-state index in [4.69, 9.17) is 10.1 Å². The second-order valence-corrected chi connectivity index (χ2v) is 12.3. The first-order chi connectivity index (χ1) is 17.0. The lowest BCUT2D eigenvalue weighted by molar-refractivity contribution is 0.0321. The van der Waals surface area contributed by atoms with Crippen LogP contribution in [0.15, 0.2) is 42.7 Å². The number of fused-ring (bicyclic) bond motifs is 2. The summed E-state index contributed by atoms with van der Waals surface area (Å²) >= 11 is 2.40. The number of nitrogens with one attached hydrogen (secondary N) is 1. The van der Waals surface area contributed by atoms with Gasteiger partial charge in [0.05, 0.1) is 41.2 Å². The average Bonchev–Trinajstić information content (AvgIpc) is 3.48. The van der Waals surface area contributed by atoms with Gasteiger partial charge in [0.1, 0.15) is 5.82 Å². The van der Waals surface area contributed by atoms with E-state index in [1.165, 1.54) is 46.4 Å². The molecule has 1 spiro atoms. The fourth-order valence-corrected chi connectivity index (χ4v) is 7.73. The van der Waals surface area contributed by atoms with Crippen LogP contribution in [0.2, 0.25) is 0 Å². The van der Waals surface area contributed by atoms with E-state index in [0.717, 1.165) is 35.2 Å². The molecule has 2 fully saturated rings. The molecule has 1 aliphatic heterocycles. The van der Waals surface area contributed by atoms with E-state index in [1.54, 1.807) is 0 Å². The van der Waals surface area contributed by atoms with Crippen LogP contribution in [0.1, 0.15) is 30.1 Å². The third-order valence-electron chi connectivity index (χ3n) is 8.15. The molecule has 35 heavy (non-hydrogen) atoms. The maximum absolute atomic E-state index is 5.38. The lowest BCUT2D eigenvalue weighted by Gasteiger charge is -2.54. The largest absolute Gasteiger partial charge is 0.330 e. The molecule has 2 aromatic carbocycles. The van der Waals surface area contributed by atoms with Crippen LogP contribution in [0.4, 0.5) is 0 Å². The Balaban J connectivity index is 1.47. The standard InChI is InChI=1S/C26H27IN7P/c1-15-4-7-20-19(12-30-34(20)35-27)22(15)24-23(16-5-6-17-11-29-33(3)21(17)8-16)31-25(32(24)2)18-9-26(10-18)13-28-14-26/h4-8,11-12,18,28,35H,9-10,13-14H2,1-3H3. The fourth-order valence-electron chi connectivity index (χ4n) is 6.19. The molecular weight excluding hydrogens is 568 g/mol. The molecule has 1 atom stereocenters. The summed E-state index contributed by atoms with van der Waals surface area (Å²) in [5.74, 6) is 1.71. The molecule has 1 saturated heterocycles. The predicted octanol–water partition coefficient (Wildman–Crippen LogP) is 5.56. The van der Waals surface area contributed by atoms with Crippen LogP contribution < -0.4 is 5.32 Å². The molecule has 0 bridgehead atoms. The minimum atomic E-state index is 0.503. The lowest BCUT2D eigenvalue weighted by atomic mass is 9.58. The SMILES string of the molecule is Cc1ccc2c(cnn2PI)c1-c1c(-c2ccc3cnn(C)c3c2)nc(C2CC3(CNC3)C2)n1C. The smallest absolute Gasteiger partial charge is 0.112 e. The second-order valence-electron chi connectivity index (χ2n) is 10.3. The normalized spacial score (nSPS) is 17.7. The molecule has 4 heterocycles. The highest BCUT2D eigenvalue weighted by Gasteiger charge is 2.50. The zero-order chi connectivity index (χ0) is 23.9. The number of hydrogen-bond donors (Lipinski definition) is 1.